The summed E-state index contributed by atoms with van der Waals surface area (Å²) in [4.78, 5) is 11.3. The van der Waals surface area contributed by atoms with E-state index in [9.17, 15) is 4.79 Å². The highest BCUT2D eigenvalue weighted by Crippen LogP contribution is 2.07. The summed E-state index contributed by atoms with van der Waals surface area (Å²) in [5.41, 5.74) is 3.68. The van der Waals surface area contributed by atoms with Crippen LogP contribution in [0, 0.1) is 0 Å². The average Bonchev–Trinajstić information content (AvgIpc) is 2.34. The molecule has 0 aliphatic rings. The second kappa shape index (κ2) is 6.76. The molecule has 0 aliphatic carbocycles. The van der Waals surface area contributed by atoms with Crippen LogP contribution < -0.4 is 16.6 Å². The predicted molar refractivity (Wildman–Crippen MR) is 65.7 cm³/mol. The summed E-state index contributed by atoms with van der Waals surface area (Å²) < 4.78 is 0. The molecular weight excluding hydrogens is 202 g/mol. The molecular formula is C12H17N3O. The van der Waals surface area contributed by atoms with Gasteiger partial charge in [0.05, 0.1) is 0 Å². The van der Waals surface area contributed by atoms with Gasteiger partial charge < -0.3 is 5.32 Å². The van der Waals surface area contributed by atoms with Crippen LogP contribution in [0.1, 0.15) is 22.3 Å². The van der Waals surface area contributed by atoms with Crippen molar-refractivity contribution in [2.24, 2.45) is 5.84 Å². The predicted octanol–water partition coefficient (Wildman–Crippen LogP) is 0.913. The van der Waals surface area contributed by atoms with Crippen molar-refractivity contribution in [3.63, 3.8) is 0 Å². The summed E-state index contributed by atoms with van der Waals surface area (Å²) in [7, 11) is 1.92. The second-order valence-corrected chi connectivity index (χ2v) is 3.39. The number of hydrogen-bond donors (Lipinski definition) is 3. The van der Waals surface area contributed by atoms with Crippen LogP contribution >= 0.6 is 0 Å². The zero-order chi connectivity index (χ0) is 11.8. The maximum absolute atomic E-state index is 11.3. The molecule has 16 heavy (non-hydrogen) atoms. The average molecular weight is 219 g/mol. The molecule has 0 unspecified atom stereocenters. The van der Waals surface area contributed by atoms with E-state index in [1.165, 1.54) is 0 Å². The van der Waals surface area contributed by atoms with Gasteiger partial charge in [-0.05, 0) is 37.7 Å². The molecule has 4 nitrogen and oxygen atoms in total. The SMILES string of the molecule is CNCCC=Cc1cccc(C(=O)NN)c1. The Balaban J connectivity index is 2.67. The summed E-state index contributed by atoms with van der Waals surface area (Å²) in [6.07, 6.45) is 5.02. The Morgan fingerprint density at radius 1 is 1.50 bits per heavy atom. The van der Waals surface area contributed by atoms with Crippen molar-refractivity contribution in [3.05, 3.63) is 41.5 Å². The first-order valence-corrected chi connectivity index (χ1v) is 5.20. The van der Waals surface area contributed by atoms with Gasteiger partial charge in [0.15, 0.2) is 0 Å². The zero-order valence-electron chi connectivity index (χ0n) is 9.36. The Morgan fingerprint density at radius 3 is 3.00 bits per heavy atom. The van der Waals surface area contributed by atoms with Crippen molar-refractivity contribution in [1.29, 1.82) is 0 Å². The monoisotopic (exact) mass is 219 g/mol. The van der Waals surface area contributed by atoms with Crippen LogP contribution in [0.4, 0.5) is 0 Å². The van der Waals surface area contributed by atoms with Gasteiger partial charge in [0.1, 0.15) is 0 Å². The van der Waals surface area contributed by atoms with Gasteiger partial charge in [-0.1, -0.05) is 24.3 Å². The van der Waals surface area contributed by atoms with Crippen molar-refractivity contribution in [2.75, 3.05) is 13.6 Å². The fraction of sp³-hybridized carbons (Fsp3) is 0.250. The molecule has 1 amide bonds. The van der Waals surface area contributed by atoms with Crippen LogP contribution in [0.5, 0.6) is 0 Å². The number of amides is 1. The molecule has 0 saturated heterocycles. The molecule has 86 valence electrons. The van der Waals surface area contributed by atoms with E-state index in [-0.39, 0.29) is 5.91 Å². The minimum Gasteiger partial charge on any atom is -0.319 e. The number of hydrazine groups is 1. The van der Waals surface area contributed by atoms with Crippen LogP contribution in [0.15, 0.2) is 30.3 Å². The molecule has 1 aromatic rings. The van der Waals surface area contributed by atoms with Gasteiger partial charge in [-0.3, -0.25) is 10.2 Å². The number of rotatable bonds is 5. The molecule has 0 atom stereocenters. The minimum absolute atomic E-state index is 0.273. The maximum atomic E-state index is 11.3. The van der Waals surface area contributed by atoms with Gasteiger partial charge in [-0.2, -0.15) is 0 Å². The number of nitrogen functional groups attached to an aromatic ring is 1. The molecule has 0 bridgehead atoms. The van der Waals surface area contributed by atoms with Crippen LogP contribution in [0.2, 0.25) is 0 Å². The third-order valence-corrected chi connectivity index (χ3v) is 2.15. The normalized spacial score (nSPS) is 10.6. The minimum atomic E-state index is -0.273. The molecule has 4 heteroatoms. The third-order valence-electron chi connectivity index (χ3n) is 2.15. The molecule has 4 N–H and O–H groups in total. The summed E-state index contributed by atoms with van der Waals surface area (Å²) in [5.74, 6) is 4.80. The van der Waals surface area contributed by atoms with Crippen LogP contribution in [0.25, 0.3) is 6.08 Å². The highest BCUT2D eigenvalue weighted by Gasteiger charge is 2.01. The van der Waals surface area contributed by atoms with Crippen LogP contribution in [-0.4, -0.2) is 19.5 Å². The van der Waals surface area contributed by atoms with Gasteiger partial charge in [0.25, 0.3) is 5.91 Å². The van der Waals surface area contributed by atoms with Gasteiger partial charge in [-0.25, -0.2) is 5.84 Å². The van der Waals surface area contributed by atoms with E-state index in [0.717, 1.165) is 18.5 Å². The smallest absolute Gasteiger partial charge is 0.265 e. The summed E-state index contributed by atoms with van der Waals surface area (Å²) in [5, 5.41) is 3.06. The van der Waals surface area contributed by atoms with Crippen molar-refractivity contribution < 1.29 is 4.79 Å². The molecule has 0 saturated carbocycles. The fourth-order valence-electron chi connectivity index (χ4n) is 1.31. The molecule has 0 radical (unpaired) electrons. The lowest BCUT2D eigenvalue weighted by Crippen LogP contribution is -2.29. The molecule has 1 aromatic carbocycles. The van der Waals surface area contributed by atoms with Crippen molar-refractivity contribution >= 4 is 12.0 Å². The third kappa shape index (κ3) is 3.84. The molecule has 0 heterocycles. The van der Waals surface area contributed by atoms with Gasteiger partial charge in [-0.15, -0.1) is 0 Å². The highest BCUT2D eigenvalue weighted by molar-refractivity contribution is 5.94. The van der Waals surface area contributed by atoms with E-state index in [1.54, 1.807) is 12.1 Å². The second-order valence-electron chi connectivity index (χ2n) is 3.39. The Morgan fingerprint density at radius 2 is 2.31 bits per heavy atom. The summed E-state index contributed by atoms with van der Waals surface area (Å²) in [6, 6.07) is 7.32. The Bertz CT molecular complexity index is 374. The number of hydrogen-bond acceptors (Lipinski definition) is 3. The van der Waals surface area contributed by atoms with E-state index in [0.29, 0.717) is 5.56 Å². The molecule has 1 rings (SSSR count). The number of nitrogens with two attached hydrogens (primary N) is 1. The van der Waals surface area contributed by atoms with E-state index < -0.39 is 0 Å². The zero-order valence-corrected chi connectivity index (χ0v) is 9.36. The number of benzene rings is 1. The van der Waals surface area contributed by atoms with Crippen molar-refractivity contribution in [1.82, 2.24) is 10.7 Å². The number of carbonyl (C=O) groups excluding carboxylic acids is 1. The first-order valence-electron chi connectivity index (χ1n) is 5.20. The van der Waals surface area contributed by atoms with Crippen molar-refractivity contribution in [2.45, 2.75) is 6.42 Å². The molecule has 0 spiro atoms. The molecule has 0 aromatic heterocycles. The topological polar surface area (TPSA) is 67.2 Å². The maximum Gasteiger partial charge on any atom is 0.265 e. The lowest BCUT2D eigenvalue weighted by molar-refractivity contribution is 0.0953. The van der Waals surface area contributed by atoms with Gasteiger partial charge in [0.2, 0.25) is 0 Å². The van der Waals surface area contributed by atoms with Crippen LogP contribution in [-0.2, 0) is 0 Å². The van der Waals surface area contributed by atoms with E-state index >= 15 is 0 Å². The fourth-order valence-corrected chi connectivity index (χ4v) is 1.31. The molecule has 0 fully saturated rings. The van der Waals surface area contributed by atoms with Gasteiger partial charge in [0, 0.05) is 5.56 Å². The van der Waals surface area contributed by atoms with E-state index in [1.807, 2.05) is 25.3 Å². The van der Waals surface area contributed by atoms with E-state index in [2.05, 4.69) is 16.8 Å². The standard InChI is InChI=1S/C12H17N3O/c1-14-8-3-2-5-10-6-4-7-11(9-10)12(16)15-13/h2,4-7,9,14H,3,8,13H2,1H3,(H,15,16). The first-order chi connectivity index (χ1) is 7.77. The van der Waals surface area contributed by atoms with Gasteiger partial charge >= 0.3 is 0 Å². The highest BCUT2D eigenvalue weighted by atomic mass is 16.2. The number of nitrogens with one attached hydrogen (secondary N) is 2. The Kier molecular flexibility index (Phi) is 5.25. The quantitative estimate of drug-likeness (QED) is 0.298. The Hall–Kier alpha value is -1.65. The Labute approximate surface area is 95.5 Å². The number of carbonyl (C=O) groups is 1. The summed E-state index contributed by atoms with van der Waals surface area (Å²) in [6.45, 7) is 0.944. The molecule has 0 aliphatic heterocycles. The largest absolute Gasteiger partial charge is 0.319 e. The summed E-state index contributed by atoms with van der Waals surface area (Å²) >= 11 is 0. The lowest BCUT2D eigenvalue weighted by atomic mass is 10.1. The van der Waals surface area contributed by atoms with Crippen molar-refractivity contribution in [3.8, 4) is 0 Å². The lowest BCUT2D eigenvalue weighted by Gasteiger charge is -2.00. The van der Waals surface area contributed by atoms with Crippen LogP contribution in [0.3, 0.4) is 0 Å². The van der Waals surface area contributed by atoms with E-state index in [4.69, 9.17) is 5.84 Å². The first kappa shape index (κ1) is 12.4.